The van der Waals surface area contributed by atoms with Crippen molar-refractivity contribution in [1.82, 2.24) is 14.1 Å². The van der Waals surface area contributed by atoms with Gasteiger partial charge in [0.05, 0.1) is 11.4 Å². The van der Waals surface area contributed by atoms with Gasteiger partial charge in [-0.3, -0.25) is 4.68 Å². The molecular formula is C10H18N4O4S. The van der Waals surface area contributed by atoms with E-state index in [4.69, 9.17) is 5.11 Å². The molecule has 0 saturated carbocycles. The predicted octanol–water partition coefficient (Wildman–Crippen LogP) is -0.270. The van der Waals surface area contributed by atoms with Crippen LogP contribution in [0.1, 0.15) is 16.1 Å². The number of hydrogen-bond donors (Lipinski definition) is 2. The molecule has 2 N–H and O–H groups in total. The molecule has 0 aliphatic rings. The summed E-state index contributed by atoms with van der Waals surface area (Å²) in [7, 11) is 1.19. The number of sulfonamides is 1. The average molecular weight is 290 g/mol. The number of nitrogens with one attached hydrogen (secondary N) is 1. The molecule has 9 heteroatoms. The van der Waals surface area contributed by atoms with Crippen molar-refractivity contribution in [2.24, 2.45) is 7.05 Å². The first kappa shape index (κ1) is 15.4. The lowest BCUT2D eigenvalue weighted by molar-refractivity contribution is 0.0697. The fraction of sp³-hybridized carbons (Fsp3) is 0.600. The lowest BCUT2D eigenvalue weighted by Crippen LogP contribution is -2.29. The van der Waals surface area contributed by atoms with Gasteiger partial charge in [-0.25, -0.2) is 17.5 Å². The van der Waals surface area contributed by atoms with E-state index in [9.17, 15) is 13.2 Å². The van der Waals surface area contributed by atoms with Gasteiger partial charge < -0.3 is 10.4 Å². The second kappa shape index (κ2) is 5.57. The van der Waals surface area contributed by atoms with E-state index in [-0.39, 0.29) is 17.9 Å². The molecule has 0 fully saturated rings. The van der Waals surface area contributed by atoms with Crippen molar-refractivity contribution in [3.05, 3.63) is 11.3 Å². The maximum Gasteiger partial charge on any atom is 0.341 e. The molecule has 0 aromatic carbocycles. The van der Waals surface area contributed by atoms with Gasteiger partial charge in [-0.15, -0.1) is 0 Å². The Hall–Kier alpha value is -1.61. The molecule has 1 rings (SSSR count). The number of carbonyl (C=O) groups is 1. The minimum absolute atomic E-state index is 0.0600. The highest BCUT2D eigenvalue weighted by atomic mass is 32.2. The van der Waals surface area contributed by atoms with Crippen LogP contribution < -0.4 is 5.32 Å². The lowest BCUT2D eigenvalue weighted by atomic mass is 10.2. The summed E-state index contributed by atoms with van der Waals surface area (Å²) in [4.78, 5) is 11.1. The second-order valence-electron chi connectivity index (χ2n) is 4.26. The Balaban J connectivity index is 2.82. The Morgan fingerprint density at radius 2 is 2.05 bits per heavy atom. The molecule has 0 spiro atoms. The van der Waals surface area contributed by atoms with E-state index in [2.05, 4.69) is 10.4 Å². The fourth-order valence-electron chi connectivity index (χ4n) is 1.60. The van der Waals surface area contributed by atoms with Crippen molar-refractivity contribution in [2.45, 2.75) is 6.92 Å². The molecule has 0 unspecified atom stereocenters. The first-order chi connectivity index (χ1) is 8.66. The predicted molar refractivity (Wildman–Crippen MR) is 70.9 cm³/mol. The van der Waals surface area contributed by atoms with Gasteiger partial charge in [-0.05, 0) is 6.92 Å². The summed E-state index contributed by atoms with van der Waals surface area (Å²) in [5.41, 5.74) is 0.442. The van der Waals surface area contributed by atoms with Gasteiger partial charge in [0.25, 0.3) is 0 Å². The van der Waals surface area contributed by atoms with Crippen molar-refractivity contribution in [3.8, 4) is 0 Å². The van der Waals surface area contributed by atoms with Crippen LogP contribution in [0.25, 0.3) is 0 Å². The van der Waals surface area contributed by atoms with E-state index >= 15 is 0 Å². The van der Waals surface area contributed by atoms with Crippen LogP contribution in [0.4, 0.5) is 5.82 Å². The highest BCUT2D eigenvalue weighted by Gasteiger charge is 2.20. The molecule has 0 saturated heterocycles. The summed E-state index contributed by atoms with van der Waals surface area (Å²) in [5, 5.41) is 15.9. The van der Waals surface area contributed by atoms with Crippen LogP contribution in [0.5, 0.6) is 0 Å². The highest BCUT2D eigenvalue weighted by molar-refractivity contribution is 7.89. The maximum absolute atomic E-state index is 11.6. The molecule has 0 amide bonds. The number of rotatable bonds is 6. The number of carboxylic acid groups (broad SMARTS) is 1. The van der Waals surface area contributed by atoms with E-state index in [0.717, 1.165) is 4.31 Å². The summed E-state index contributed by atoms with van der Waals surface area (Å²) in [6, 6.07) is 0. The number of aryl methyl sites for hydroxylation is 2. The van der Waals surface area contributed by atoms with Crippen LogP contribution in [0, 0.1) is 6.92 Å². The number of carboxylic acids is 1. The monoisotopic (exact) mass is 290 g/mol. The van der Waals surface area contributed by atoms with Crippen LogP contribution in [0.15, 0.2) is 0 Å². The normalized spacial score (nSPS) is 11.8. The average Bonchev–Trinajstić information content (AvgIpc) is 2.53. The van der Waals surface area contributed by atoms with Crippen molar-refractivity contribution in [2.75, 3.05) is 31.7 Å². The smallest absolute Gasteiger partial charge is 0.341 e. The molecule has 1 heterocycles. The SMILES string of the molecule is Cc1nn(C)c(NCCS(=O)(=O)N(C)C)c1C(=O)O. The molecular weight excluding hydrogens is 272 g/mol. The van der Waals surface area contributed by atoms with E-state index in [1.807, 2.05) is 0 Å². The summed E-state index contributed by atoms with van der Waals surface area (Å²) in [5.74, 6) is -0.911. The van der Waals surface area contributed by atoms with Crippen molar-refractivity contribution < 1.29 is 18.3 Å². The zero-order valence-electron chi connectivity index (χ0n) is 11.3. The topological polar surface area (TPSA) is 105 Å². The summed E-state index contributed by atoms with van der Waals surface area (Å²) >= 11 is 0. The van der Waals surface area contributed by atoms with Crippen molar-refractivity contribution >= 4 is 21.8 Å². The number of aromatic nitrogens is 2. The zero-order valence-corrected chi connectivity index (χ0v) is 12.2. The number of nitrogens with zero attached hydrogens (tertiary/aromatic N) is 3. The molecule has 0 aliphatic heterocycles. The Morgan fingerprint density at radius 1 is 1.47 bits per heavy atom. The van der Waals surface area contributed by atoms with E-state index in [1.54, 1.807) is 14.0 Å². The van der Waals surface area contributed by atoms with Gasteiger partial charge in [-0.1, -0.05) is 0 Å². The number of aromatic carboxylic acids is 1. The van der Waals surface area contributed by atoms with Crippen LogP contribution in [0.3, 0.4) is 0 Å². The van der Waals surface area contributed by atoms with E-state index < -0.39 is 16.0 Å². The third-order valence-corrected chi connectivity index (χ3v) is 4.48. The first-order valence-corrected chi connectivity index (χ1v) is 7.18. The van der Waals surface area contributed by atoms with Gasteiger partial charge in [0, 0.05) is 27.7 Å². The van der Waals surface area contributed by atoms with E-state index in [0.29, 0.717) is 11.5 Å². The minimum Gasteiger partial charge on any atom is -0.477 e. The third kappa shape index (κ3) is 3.44. The van der Waals surface area contributed by atoms with Crippen molar-refractivity contribution in [1.29, 1.82) is 0 Å². The second-order valence-corrected chi connectivity index (χ2v) is 6.57. The molecule has 19 heavy (non-hydrogen) atoms. The Kier molecular flexibility index (Phi) is 4.53. The molecule has 108 valence electrons. The molecule has 0 atom stereocenters. The van der Waals surface area contributed by atoms with Gasteiger partial charge in [0.15, 0.2) is 0 Å². The minimum atomic E-state index is -3.31. The molecule has 1 aromatic heterocycles. The fourth-order valence-corrected chi connectivity index (χ4v) is 2.32. The Bertz CT molecular complexity index is 577. The lowest BCUT2D eigenvalue weighted by Gasteiger charge is -2.12. The van der Waals surface area contributed by atoms with Crippen LogP contribution in [-0.4, -0.2) is 60.0 Å². The van der Waals surface area contributed by atoms with Gasteiger partial charge in [-0.2, -0.15) is 5.10 Å². The molecule has 8 nitrogen and oxygen atoms in total. The Morgan fingerprint density at radius 3 is 2.53 bits per heavy atom. The highest BCUT2D eigenvalue weighted by Crippen LogP contribution is 2.18. The summed E-state index contributed by atoms with van der Waals surface area (Å²) in [6.45, 7) is 1.70. The molecule has 1 aromatic rings. The first-order valence-electron chi connectivity index (χ1n) is 5.57. The van der Waals surface area contributed by atoms with Crippen molar-refractivity contribution in [3.63, 3.8) is 0 Å². The van der Waals surface area contributed by atoms with Gasteiger partial charge >= 0.3 is 5.97 Å². The molecule has 0 radical (unpaired) electrons. The largest absolute Gasteiger partial charge is 0.477 e. The van der Waals surface area contributed by atoms with E-state index in [1.165, 1.54) is 18.8 Å². The number of anilines is 1. The van der Waals surface area contributed by atoms with Crippen LogP contribution in [-0.2, 0) is 17.1 Å². The van der Waals surface area contributed by atoms with Gasteiger partial charge in [0.2, 0.25) is 10.0 Å². The molecule has 0 aliphatic carbocycles. The van der Waals surface area contributed by atoms with Gasteiger partial charge in [0.1, 0.15) is 11.4 Å². The standard InChI is InChI=1S/C10H18N4O4S/c1-7-8(10(15)16)9(14(4)12-7)11-5-6-19(17,18)13(2)3/h11H,5-6H2,1-4H3,(H,15,16). The number of hydrogen-bond acceptors (Lipinski definition) is 5. The van der Waals surface area contributed by atoms with Crippen LogP contribution in [0.2, 0.25) is 0 Å². The Labute approximate surface area is 112 Å². The quantitative estimate of drug-likeness (QED) is 0.747. The maximum atomic E-state index is 11.6. The van der Waals surface area contributed by atoms with Crippen LogP contribution >= 0.6 is 0 Å². The summed E-state index contributed by atoms with van der Waals surface area (Å²) < 4.78 is 25.7. The molecule has 0 bridgehead atoms. The zero-order chi connectivity index (χ0) is 14.8. The third-order valence-electron chi connectivity index (χ3n) is 2.64. The summed E-state index contributed by atoms with van der Waals surface area (Å²) in [6.07, 6.45) is 0.